The Labute approximate surface area is 159 Å². The average molecular weight is 395 g/mol. The van der Waals surface area contributed by atoms with Crippen molar-refractivity contribution in [3.8, 4) is 0 Å². The molecule has 1 saturated carbocycles. The molecule has 4 rings (SSSR count). The highest BCUT2D eigenvalue weighted by molar-refractivity contribution is 6.07. The molecule has 2 fully saturated rings. The van der Waals surface area contributed by atoms with E-state index in [4.69, 9.17) is 0 Å². The van der Waals surface area contributed by atoms with Crippen molar-refractivity contribution in [1.82, 2.24) is 4.90 Å². The van der Waals surface area contributed by atoms with Crippen LogP contribution in [0.2, 0.25) is 0 Å². The number of likely N-dealkylation sites (tertiary alicyclic amines) is 1. The molecule has 3 aliphatic rings. The number of amides is 3. The lowest BCUT2D eigenvalue weighted by Gasteiger charge is -2.25. The normalized spacial score (nSPS) is 23.0. The fraction of sp³-hybridized carbons (Fsp3) is 0.526. The van der Waals surface area contributed by atoms with E-state index in [0.29, 0.717) is 22.7 Å². The number of hydrogen-bond donors (Lipinski definition) is 2. The smallest absolute Gasteiger partial charge is 0.325 e. The standard InChI is InChI=1S/C19H20F3N3O3/c20-19(21,22)17(28)25-9-3-4-14(25)15(26)23-11-5-6-13-12(10-11)18(16(27)24-13)7-1-2-8-18/h5-6,10,14H,1-4,7-9H2,(H,23,26)(H,24,27). The van der Waals surface area contributed by atoms with Crippen molar-refractivity contribution in [2.75, 3.05) is 17.2 Å². The number of alkyl halides is 3. The monoisotopic (exact) mass is 395 g/mol. The fourth-order valence-corrected chi connectivity index (χ4v) is 4.64. The summed E-state index contributed by atoms with van der Waals surface area (Å²) in [5.74, 6) is -2.67. The van der Waals surface area contributed by atoms with Crippen molar-refractivity contribution < 1.29 is 27.6 Å². The molecule has 28 heavy (non-hydrogen) atoms. The molecular weight excluding hydrogens is 375 g/mol. The molecule has 0 aromatic heterocycles. The summed E-state index contributed by atoms with van der Waals surface area (Å²) in [5, 5.41) is 5.51. The van der Waals surface area contributed by atoms with Gasteiger partial charge in [0.2, 0.25) is 11.8 Å². The molecule has 2 N–H and O–H groups in total. The molecule has 150 valence electrons. The van der Waals surface area contributed by atoms with Crippen molar-refractivity contribution in [3.05, 3.63) is 23.8 Å². The number of carbonyl (C=O) groups excluding carboxylic acids is 3. The summed E-state index contributed by atoms with van der Waals surface area (Å²) in [6, 6.07) is 3.88. The second-order valence-electron chi connectivity index (χ2n) is 7.65. The maximum Gasteiger partial charge on any atom is 0.471 e. The van der Waals surface area contributed by atoms with E-state index in [0.717, 1.165) is 31.2 Å². The van der Waals surface area contributed by atoms with Crippen LogP contribution in [0.3, 0.4) is 0 Å². The van der Waals surface area contributed by atoms with E-state index in [2.05, 4.69) is 10.6 Å². The van der Waals surface area contributed by atoms with Gasteiger partial charge in [-0.05, 0) is 49.4 Å². The summed E-state index contributed by atoms with van der Waals surface area (Å²) in [7, 11) is 0. The maximum atomic E-state index is 12.8. The predicted molar refractivity (Wildman–Crippen MR) is 94.6 cm³/mol. The van der Waals surface area contributed by atoms with Gasteiger partial charge in [-0.2, -0.15) is 13.2 Å². The van der Waals surface area contributed by atoms with Gasteiger partial charge in [-0.1, -0.05) is 12.8 Å². The van der Waals surface area contributed by atoms with Crippen LogP contribution in [0, 0.1) is 0 Å². The van der Waals surface area contributed by atoms with Crippen LogP contribution in [0.15, 0.2) is 18.2 Å². The molecule has 1 aliphatic carbocycles. The molecule has 9 heteroatoms. The third-order valence-electron chi connectivity index (χ3n) is 6.00. The lowest BCUT2D eigenvalue weighted by atomic mass is 9.80. The number of rotatable bonds is 2. The Kier molecular flexibility index (Phi) is 4.35. The van der Waals surface area contributed by atoms with Crippen LogP contribution in [0.5, 0.6) is 0 Å². The molecule has 2 aliphatic heterocycles. The molecule has 1 saturated heterocycles. The van der Waals surface area contributed by atoms with Gasteiger partial charge >= 0.3 is 12.1 Å². The molecule has 1 atom stereocenters. The Balaban J connectivity index is 1.54. The molecular formula is C19H20F3N3O3. The molecule has 3 amide bonds. The number of hydrogen-bond acceptors (Lipinski definition) is 3. The van der Waals surface area contributed by atoms with Crippen LogP contribution in [-0.4, -0.2) is 41.4 Å². The van der Waals surface area contributed by atoms with E-state index in [1.54, 1.807) is 18.2 Å². The van der Waals surface area contributed by atoms with Crippen molar-refractivity contribution in [2.45, 2.75) is 56.2 Å². The highest BCUT2D eigenvalue weighted by Crippen LogP contribution is 2.49. The SMILES string of the molecule is O=C(Nc1ccc2c(c1)C1(CCCC1)C(=O)N2)C1CCCN1C(=O)C(F)(F)F. The third kappa shape index (κ3) is 2.93. The van der Waals surface area contributed by atoms with Gasteiger partial charge in [-0.25, -0.2) is 0 Å². The maximum absolute atomic E-state index is 12.8. The van der Waals surface area contributed by atoms with Gasteiger partial charge in [-0.3, -0.25) is 14.4 Å². The summed E-state index contributed by atoms with van der Waals surface area (Å²) in [4.78, 5) is 37.2. The van der Waals surface area contributed by atoms with Crippen molar-refractivity contribution in [2.24, 2.45) is 0 Å². The first-order chi connectivity index (χ1) is 13.2. The predicted octanol–water partition coefficient (Wildman–Crippen LogP) is 2.94. The number of nitrogens with one attached hydrogen (secondary N) is 2. The van der Waals surface area contributed by atoms with Crippen LogP contribution < -0.4 is 10.6 Å². The first kappa shape index (κ1) is 18.8. The zero-order valence-corrected chi connectivity index (χ0v) is 15.1. The number of halogens is 3. The van der Waals surface area contributed by atoms with Gasteiger partial charge < -0.3 is 15.5 Å². The van der Waals surface area contributed by atoms with E-state index in [9.17, 15) is 27.6 Å². The van der Waals surface area contributed by atoms with Gasteiger partial charge in [-0.15, -0.1) is 0 Å². The molecule has 2 heterocycles. The number of benzene rings is 1. The lowest BCUT2D eigenvalue weighted by molar-refractivity contribution is -0.186. The molecule has 0 bridgehead atoms. The summed E-state index contributed by atoms with van der Waals surface area (Å²) in [6.45, 7) is -0.0951. The Hall–Kier alpha value is -2.58. The van der Waals surface area contributed by atoms with E-state index in [1.807, 2.05) is 0 Å². The highest BCUT2D eigenvalue weighted by atomic mass is 19.4. The van der Waals surface area contributed by atoms with Gasteiger partial charge in [0.15, 0.2) is 0 Å². The zero-order chi connectivity index (χ0) is 20.1. The van der Waals surface area contributed by atoms with Gasteiger partial charge in [0.05, 0.1) is 5.41 Å². The minimum absolute atomic E-state index is 0.0405. The summed E-state index contributed by atoms with van der Waals surface area (Å²) in [6.07, 6.45) is -1.12. The zero-order valence-electron chi connectivity index (χ0n) is 15.1. The number of anilines is 2. The van der Waals surface area contributed by atoms with Crippen LogP contribution >= 0.6 is 0 Å². The lowest BCUT2D eigenvalue weighted by Crippen LogP contribution is -2.48. The molecule has 1 unspecified atom stereocenters. The average Bonchev–Trinajstić information content (AvgIpc) is 3.36. The molecule has 1 aromatic rings. The summed E-state index contributed by atoms with van der Waals surface area (Å²) < 4.78 is 38.3. The largest absolute Gasteiger partial charge is 0.471 e. The Morgan fingerprint density at radius 1 is 1.18 bits per heavy atom. The van der Waals surface area contributed by atoms with Crippen LogP contribution in [-0.2, 0) is 19.8 Å². The highest BCUT2D eigenvalue weighted by Gasteiger charge is 2.49. The van der Waals surface area contributed by atoms with E-state index < -0.39 is 29.4 Å². The second kappa shape index (κ2) is 6.49. The Bertz CT molecular complexity index is 847. The summed E-state index contributed by atoms with van der Waals surface area (Å²) >= 11 is 0. The minimum Gasteiger partial charge on any atom is -0.325 e. The van der Waals surface area contributed by atoms with Gasteiger partial charge in [0.25, 0.3) is 0 Å². The molecule has 0 radical (unpaired) electrons. The third-order valence-corrected chi connectivity index (χ3v) is 6.00. The van der Waals surface area contributed by atoms with Crippen LogP contribution in [0.4, 0.5) is 24.5 Å². The first-order valence-corrected chi connectivity index (χ1v) is 9.37. The van der Waals surface area contributed by atoms with Crippen molar-refractivity contribution in [3.63, 3.8) is 0 Å². The fourth-order valence-electron chi connectivity index (χ4n) is 4.64. The van der Waals surface area contributed by atoms with E-state index >= 15 is 0 Å². The van der Waals surface area contributed by atoms with Crippen molar-refractivity contribution in [1.29, 1.82) is 0 Å². The summed E-state index contributed by atoms with van der Waals surface area (Å²) in [5.41, 5.74) is 1.36. The number of carbonyl (C=O) groups is 3. The molecule has 6 nitrogen and oxygen atoms in total. The van der Waals surface area contributed by atoms with Crippen LogP contribution in [0.25, 0.3) is 0 Å². The Morgan fingerprint density at radius 2 is 1.89 bits per heavy atom. The molecule has 1 spiro atoms. The van der Waals surface area contributed by atoms with E-state index in [1.165, 1.54) is 0 Å². The quantitative estimate of drug-likeness (QED) is 0.808. The van der Waals surface area contributed by atoms with Crippen LogP contribution in [0.1, 0.15) is 44.1 Å². The number of nitrogens with zero attached hydrogens (tertiary/aromatic N) is 1. The van der Waals surface area contributed by atoms with Gasteiger partial charge in [0.1, 0.15) is 6.04 Å². The van der Waals surface area contributed by atoms with E-state index in [-0.39, 0.29) is 18.9 Å². The number of fused-ring (bicyclic) bond motifs is 2. The molecule has 1 aromatic carbocycles. The first-order valence-electron chi connectivity index (χ1n) is 9.37. The topological polar surface area (TPSA) is 78.5 Å². The van der Waals surface area contributed by atoms with Gasteiger partial charge in [0, 0.05) is 17.9 Å². The Morgan fingerprint density at radius 3 is 2.57 bits per heavy atom. The second-order valence-corrected chi connectivity index (χ2v) is 7.65. The minimum atomic E-state index is -5.00. The van der Waals surface area contributed by atoms with Crippen molar-refractivity contribution >= 4 is 29.1 Å².